The van der Waals surface area contributed by atoms with Crippen LogP contribution in [0.2, 0.25) is 0 Å². The summed E-state index contributed by atoms with van der Waals surface area (Å²) in [5.41, 5.74) is 1.67. The zero-order valence-electron chi connectivity index (χ0n) is 14.3. The number of amides is 1. The SMILES string of the molecule is O=C(CCCCCCCCCCCCCCCCCCl)NO. The molecule has 22 heavy (non-hydrogen) atoms. The van der Waals surface area contributed by atoms with E-state index < -0.39 is 0 Å². The maximum atomic E-state index is 10.8. The Bertz CT molecular complexity index is 237. The predicted octanol–water partition coefficient (Wildman–Crippen LogP) is 5.97. The number of hydrogen-bond acceptors (Lipinski definition) is 2. The van der Waals surface area contributed by atoms with E-state index in [4.69, 9.17) is 16.8 Å². The molecule has 0 aliphatic rings. The summed E-state index contributed by atoms with van der Waals surface area (Å²) < 4.78 is 0. The van der Waals surface area contributed by atoms with Crippen LogP contribution in [0.3, 0.4) is 0 Å². The second kappa shape index (κ2) is 18.8. The number of halogens is 1. The topological polar surface area (TPSA) is 49.3 Å². The van der Waals surface area contributed by atoms with E-state index in [1.54, 1.807) is 5.48 Å². The summed E-state index contributed by atoms with van der Waals surface area (Å²) in [6.45, 7) is 0. The van der Waals surface area contributed by atoms with Crippen molar-refractivity contribution in [1.82, 2.24) is 5.48 Å². The normalized spacial score (nSPS) is 10.8. The van der Waals surface area contributed by atoms with Gasteiger partial charge in [0, 0.05) is 12.3 Å². The maximum absolute atomic E-state index is 10.8. The molecule has 0 aromatic heterocycles. The van der Waals surface area contributed by atoms with E-state index in [9.17, 15) is 4.79 Å². The van der Waals surface area contributed by atoms with Crippen LogP contribution in [0.5, 0.6) is 0 Å². The first kappa shape index (κ1) is 21.7. The fraction of sp³-hybridized carbons (Fsp3) is 0.944. The van der Waals surface area contributed by atoms with Crippen LogP contribution in [0.15, 0.2) is 0 Å². The van der Waals surface area contributed by atoms with Crippen molar-refractivity contribution in [1.29, 1.82) is 0 Å². The smallest absolute Gasteiger partial charge is 0.243 e. The lowest BCUT2D eigenvalue weighted by Gasteiger charge is -2.03. The zero-order chi connectivity index (χ0) is 16.3. The molecule has 0 atom stereocenters. The third kappa shape index (κ3) is 17.8. The van der Waals surface area contributed by atoms with Crippen molar-refractivity contribution >= 4 is 17.5 Å². The molecule has 0 spiro atoms. The van der Waals surface area contributed by atoms with E-state index in [-0.39, 0.29) is 5.91 Å². The van der Waals surface area contributed by atoms with Gasteiger partial charge in [0.2, 0.25) is 5.91 Å². The molecule has 0 aliphatic carbocycles. The van der Waals surface area contributed by atoms with Crippen molar-refractivity contribution in [2.24, 2.45) is 0 Å². The third-order valence-electron chi connectivity index (χ3n) is 4.16. The summed E-state index contributed by atoms with van der Waals surface area (Å²) in [4.78, 5) is 10.8. The minimum atomic E-state index is -0.265. The van der Waals surface area contributed by atoms with Gasteiger partial charge in [-0.05, 0) is 12.8 Å². The van der Waals surface area contributed by atoms with Gasteiger partial charge in [-0.3, -0.25) is 10.0 Å². The van der Waals surface area contributed by atoms with Crippen LogP contribution in [-0.4, -0.2) is 17.0 Å². The molecule has 0 rings (SSSR count). The molecule has 3 nitrogen and oxygen atoms in total. The van der Waals surface area contributed by atoms with E-state index in [1.807, 2.05) is 0 Å². The third-order valence-corrected chi connectivity index (χ3v) is 4.43. The summed E-state index contributed by atoms with van der Waals surface area (Å²) >= 11 is 5.65. The molecule has 0 bridgehead atoms. The van der Waals surface area contributed by atoms with Gasteiger partial charge in [-0.2, -0.15) is 0 Å². The van der Waals surface area contributed by atoms with Crippen LogP contribution in [-0.2, 0) is 4.79 Å². The highest BCUT2D eigenvalue weighted by Crippen LogP contribution is 2.13. The number of carbonyl (C=O) groups excluding carboxylic acids is 1. The van der Waals surface area contributed by atoms with Crippen LogP contribution in [0.25, 0.3) is 0 Å². The number of hydroxylamine groups is 1. The second-order valence-corrected chi connectivity index (χ2v) is 6.66. The largest absolute Gasteiger partial charge is 0.289 e. The monoisotopic (exact) mass is 333 g/mol. The summed E-state index contributed by atoms with van der Waals surface area (Å²) in [6.07, 6.45) is 19.7. The number of hydrogen-bond donors (Lipinski definition) is 2. The van der Waals surface area contributed by atoms with Gasteiger partial charge in [0.1, 0.15) is 0 Å². The molecule has 0 saturated heterocycles. The Morgan fingerprint density at radius 1 is 0.636 bits per heavy atom. The van der Waals surface area contributed by atoms with Crippen molar-refractivity contribution in [2.45, 2.75) is 103 Å². The van der Waals surface area contributed by atoms with Crippen molar-refractivity contribution in [3.8, 4) is 0 Å². The van der Waals surface area contributed by atoms with E-state index in [2.05, 4.69) is 0 Å². The molecule has 0 aliphatic heterocycles. The van der Waals surface area contributed by atoms with Crippen molar-refractivity contribution in [3.63, 3.8) is 0 Å². The minimum Gasteiger partial charge on any atom is -0.289 e. The van der Waals surface area contributed by atoms with Crippen LogP contribution in [0, 0.1) is 0 Å². The van der Waals surface area contributed by atoms with Gasteiger partial charge in [-0.15, -0.1) is 11.6 Å². The number of rotatable bonds is 17. The van der Waals surface area contributed by atoms with Gasteiger partial charge < -0.3 is 0 Å². The molecule has 0 aromatic rings. The predicted molar refractivity (Wildman–Crippen MR) is 94.5 cm³/mol. The van der Waals surface area contributed by atoms with E-state index in [0.29, 0.717) is 6.42 Å². The van der Waals surface area contributed by atoms with E-state index in [1.165, 1.54) is 83.5 Å². The lowest BCUT2D eigenvalue weighted by atomic mass is 10.0. The Kier molecular flexibility index (Phi) is 18.5. The molecule has 0 aromatic carbocycles. The minimum absolute atomic E-state index is 0.265. The Morgan fingerprint density at radius 3 is 1.27 bits per heavy atom. The summed E-state index contributed by atoms with van der Waals surface area (Å²) in [6, 6.07) is 0. The second-order valence-electron chi connectivity index (χ2n) is 6.28. The molecule has 0 fully saturated rings. The van der Waals surface area contributed by atoms with Crippen molar-refractivity contribution in [2.75, 3.05) is 5.88 Å². The fourth-order valence-corrected chi connectivity index (χ4v) is 2.92. The Balaban J connectivity index is 2.98. The molecule has 2 N–H and O–H groups in total. The highest BCUT2D eigenvalue weighted by Gasteiger charge is 1.98. The molecule has 1 amide bonds. The summed E-state index contributed by atoms with van der Waals surface area (Å²) in [5, 5.41) is 8.36. The van der Waals surface area contributed by atoms with E-state index >= 15 is 0 Å². The lowest BCUT2D eigenvalue weighted by molar-refractivity contribution is -0.129. The Morgan fingerprint density at radius 2 is 0.955 bits per heavy atom. The van der Waals surface area contributed by atoms with Crippen LogP contribution >= 0.6 is 11.6 Å². The number of nitrogens with one attached hydrogen (secondary N) is 1. The highest BCUT2D eigenvalue weighted by molar-refractivity contribution is 6.17. The molecule has 0 radical (unpaired) electrons. The molecule has 0 unspecified atom stereocenters. The summed E-state index contributed by atoms with van der Waals surface area (Å²) in [7, 11) is 0. The highest BCUT2D eigenvalue weighted by atomic mass is 35.5. The quantitative estimate of drug-likeness (QED) is 0.149. The van der Waals surface area contributed by atoms with Gasteiger partial charge >= 0.3 is 0 Å². The maximum Gasteiger partial charge on any atom is 0.243 e. The first-order chi connectivity index (χ1) is 10.8. The van der Waals surface area contributed by atoms with Crippen LogP contribution < -0.4 is 5.48 Å². The first-order valence-electron chi connectivity index (χ1n) is 9.30. The zero-order valence-corrected chi connectivity index (χ0v) is 15.0. The van der Waals surface area contributed by atoms with Gasteiger partial charge in [-0.25, -0.2) is 5.48 Å². The van der Waals surface area contributed by atoms with Gasteiger partial charge in [0.15, 0.2) is 0 Å². The van der Waals surface area contributed by atoms with E-state index in [0.717, 1.165) is 18.7 Å². The number of unbranched alkanes of at least 4 members (excludes halogenated alkanes) is 14. The van der Waals surface area contributed by atoms with Gasteiger partial charge in [0.25, 0.3) is 0 Å². The molecule has 0 heterocycles. The molecular formula is C18H36ClNO2. The van der Waals surface area contributed by atoms with Crippen LogP contribution in [0.4, 0.5) is 0 Å². The summed E-state index contributed by atoms with van der Waals surface area (Å²) in [5.74, 6) is 0.553. The fourth-order valence-electron chi connectivity index (χ4n) is 2.73. The Hall–Kier alpha value is -0.280. The van der Waals surface area contributed by atoms with Gasteiger partial charge in [0.05, 0.1) is 0 Å². The van der Waals surface area contributed by atoms with Crippen LogP contribution in [0.1, 0.15) is 103 Å². The van der Waals surface area contributed by atoms with Gasteiger partial charge in [-0.1, -0.05) is 83.5 Å². The number of carbonyl (C=O) groups is 1. The molecule has 0 saturated carbocycles. The molecule has 4 heteroatoms. The number of alkyl halides is 1. The Labute approximate surface area is 142 Å². The average Bonchev–Trinajstić information content (AvgIpc) is 2.54. The lowest BCUT2D eigenvalue weighted by Crippen LogP contribution is -2.17. The molecule has 132 valence electrons. The van der Waals surface area contributed by atoms with Crippen molar-refractivity contribution in [3.05, 3.63) is 0 Å². The van der Waals surface area contributed by atoms with Crippen molar-refractivity contribution < 1.29 is 10.0 Å². The standard InChI is InChI=1S/C18H36ClNO2/c19-17-15-13-11-9-7-5-3-1-2-4-6-8-10-12-14-16-18(21)20-22/h22H,1-17H2,(H,20,21). The first-order valence-corrected chi connectivity index (χ1v) is 9.83. The average molecular weight is 334 g/mol. The molecular weight excluding hydrogens is 298 g/mol.